The van der Waals surface area contributed by atoms with E-state index in [1.807, 2.05) is 0 Å². The van der Waals surface area contributed by atoms with Gasteiger partial charge in [-0.3, -0.25) is 0 Å². The normalized spacial score (nSPS) is 12.3. The summed E-state index contributed by atoms with van der Waals surface area (Å²) in [5.41, 5.74) is 0. The van der Waals surface area contributed by atoms with E-state index in [-0.39, 0.29) is 0 Å². The Morgan fingerprint density at radius 2 is 1.00 bits per heavy atom. The molecule has 0 bridgehead atoms. The third kappa shape index (κ3) is 4.81. The van der Waals surface area contributed by atoms with Crippen LogP contribution in [0.5, 0.6) is 0 Å². The van der Waals surface area contributed by atoms with E-state index in [0.29, 0.717) is 0 Å². The van der Waals surface area contributed by atoms with E-state index in [0.717, 1.165) is 0 Å². The van der Waals surface area contributed by atoms with Gasteiger partial charge in [0.25, 0.3) is 0 Å². The molecule has 136 valence electrons. The van der Waals surface area contributed by atoms with Gasteiger partial charge in [-0.15, -0.1) is 0 Å². The first-order valence-corrected chi connectivity index (χ1v) is 19.7. The first-order chi connectivity index (χ1) is 12.2. The average Bonchev–Trinajstić information content (AvgIpc) is 2.68. The minimum atomic E-state index is -2.58. The third-order valence-electron chi connectivity index (χ3n) is 5.44. The van der Waals surface area contributed by atoms with Crippen LogP contribution >= 0.6 is 0 Å². The van der Waals surface area contributed by atoms with Gasteiger partial charge in [-0.1, -0.05) is 0 Å². The zero-order valence-corrected chi connectivity index (χ0v) is 20.6. The molecule has 0 aliphatic rings. The van der Waals surface area contributed by atoms with Gasteiger partial charge in [0.2, 0.25) is 0 Å². The maximum absolute atomic E-state index is 7.55. The molecule has 2 aromatic carbocycles. The molecule has 0 spiro atoms. The van der Waals surface area contributed by atoms with E-state index in [9.17, 15) is 0 Å². The van der Waals surface area contributed by atoms with Crippen LogP contribution < -0.4 is 8.79 Å². The second-order valence-electron chi connectivity index (χ2n) is 7.03. The van der Waals surface area contributed by atoms with E-state index in [2.05, 4.69) is 88.4 Å². The zero-order chi connectivity index (χ0) is 18.2. The Balaban J connectivity index is 2.52. The predicted molar refractivity (Wildman–Crippen MR) is 116 cm³/mol. The molecule has 0 atom stereocenters. The van der Waals surface area contributed by atoms with Gasteiger partial charge in [0.1, 0.15) is 0 Å². The Bertz CT molecular complexity index is 602. The fraction of sp³-hybridized carbons (Fsp3) is 0.455. The quantitative estimate of drug-likeness (QED) is 0.422. The SMILES string of the molecule is CC[CH2][Ge]([CH2]CC)([O][Ge]([CH2]C)([CH2]C)[c]1ccccc1)[c]1ccccc1. The van der Waals surface area contributed by atoms with Crippen molar-refractivity contribution in [1.82, 2.24) is 0 Å². The van der Waals surface area contributed by atoms with E-state index < -0.39 is 27.2 Å². The van der Waals surface area contributed by atoms with Gasteiger partial charge in [-0.2, -0.15) is 0 Å². The van der Waals surface area contributed by atoms with Crippen molar-refractivity contribution in [2.45, 2.75) is 61.5 Å². The Hall–Kier alpha value is -0.514. The van der Waals surface area contributed by atoms with Gasteiger partial charge in [-0.25, -0.2) is 0 Å². The van der Waals surface area contributed by atoms with Crippen LogP contribution in [0.25, 0.3) is 0 Å². The second-order valence-corrected chi connectivity index (χ2v) is 25.5. The van der Waals surface area contributed by atoms with Crippen molar-refractivity contribution in [1.29, 1.82) is 0 Å². The van der Waals surface area contributed by atoms with Crippen molar-refractivity contribution in [3.8, 4) is 0 Å². The summed E-state index contributed by atoms with van der Waals surface area (Å²) >= 11 is -5.14. The fourth-order valence-corrected chi connectivity index (χ4v) is 34.5. The molecule has 0 amide bonds. The molecule has 1 nitrogen and oxygen atoms in total. The fourth-order valence-electron chi connectivity index (χ4n) is 4.10. The van der Waals surface area contributed by atoms with Crippen molar-refractivity contribution in [3.05, 3.63) is 60.7 Å². The van der Waals surface area contributed by atoms with Crippen LogP contribution in [-0.4, -0.2) is 27.2 Å². The summed E-state index contributed by atoms with van der Waals surface area (Å²) in [7, 11) is 0. The standard InChI is InChI=1S/C22H34Ge2O/c1-5-19-24(20-6-2,22-17-13-10-14-18-22)25-23(7-3,8-4)21-15-11-9-12-16-21/h9-18H,5-8,19-20H2,1-4H3. The van der Waals surface area contributed by atoms with Crippen molar-refractivity contribution < 1.29 is 2.79 Å². The molecule has 0 saturated heterocycles. The molecular formula is C22H34Ge2O. The first-order valence-electron chi connectivity index (χ1n) is 9.97. The van der Waals surface area contributed by atoms with Gasteiger partial charge in [-0.05, 0) is 0 Å². The van der Waals surface area contributed by atoms with Crippen molar-refractivity contribution in [3.63, 3.8) is 0 Å². The summed E-state index contributed by atoms with van der Waals surface area (Å²) in [5, 5.41) is 5.01. The summed E-state index contributed by atoms with van der Waals surface area (Å²) in [6.07, 6.45) is 2.46. The summed E-state index contributed by atoms with van der Waals surface area (Å²) in [5.74, 6) is 0. The Kier molecular flexibility index (Phi) is 8.30. The third-order valence-corrected chi connectivity index (χ3v) is 31.7. The van der Waals surface area contributed by atoms with Crippen molar-refractivity contribution in [2.24, 2.45) is 0 Å². The number of benzene rings is 2. The van der Waals surface area contributed by atoms with Gasteiger partial charge in [0.15, 0.2) is 0 Å². The molecule has 0 heterocycles. The maximum atomic E-state index is 7.55. The van der Waals surface area contributed by atoms with Crippen LogP contribution in [0.2, 0.25) is 21.0 Å². The van der Waals surface area contributed by atoms with Crippen molar-refractivity contribution in [2.75, 3.05) is 0 Å². The Morgan fingerprint density at radius 3 is 1.36 bits per heavy atom. The molecule has 0 fully saturated rings. The van der Waals surface area contributed by atoms with E-state index >= 15 is 0 Å². The summed E-state index contributed by atoms with van der Waals surface area (Å²) in [6, 6.07) is 22.5. The molecule has 0 aromatic heterocycles. The van der Waals surface area contributed by atoms with Crippen LogP contribution in [0.4, 0.5) is 0 Å². The zero-order valence-electron chi connectivity index (χ0n) is 16.4. The molecule has 0 aliphatic heterocycles. The summed E-state index contributed by atoms with van der Waals surface area (Å²) in [6.45, 7) is 9.40. The van der Waals surface area contributed by atoms with Gasteiger partial charge in [0, 0.05) is 0 Å². The summed E-state index contributed by atoms with van der Waals surface area (Å²) in [4.78, 5) is 0. The van der Waals surface area contributed by atoms with Crippen molar-refractivity contribution >= 4 is 36.0 Å². The van der Waals surface area contributed by atoms with Crippen LogP contribution in [0.3, 0.4) is 0 Å². The molecule has 3 heteroatoms. The van der Waals surface area contributed by atoms with Gasteiger partial charge in [0.05, 0.1) is 0 Å². The summed E-state index contributed by atoms with van der Waals surface area (Å²) < 4.78 is 10.6. The molecule has 0 unspecified atom stereocenters. The molecule has 0 radical (unpaired) electrons. The first kappa shape index (κ1) is 20.8. The van der Waals surface area contributed by atoms with E-state index in [1.165, 1.54) is 38.3 Å². The molecular weight excluding hydrogens is 425 g/mol. The topological polar surface area (TPSA) is 9.23 Å². The molecule has 0 saturated carbocycles. The molecule has 25 heavy (non-hydrogen) atoms. The molecule has 2 rings (SSSR count). The van der Waals surface area contributed by atoms with Crippen LogP contribution in [0, 0.1) is 0 Å². The van der Waals surface area contributed by atoms with Gasteiger partial charge < -0.3 is 0 Å². The van der Waals surface area contributed by atoms with E-state index in [1.54, 1.807) is 4.40 Å². The molecule has 0 aliphatic carbocycles. The molecule has 2 aromatic rings. The van der Waals surface area contributed by atoms with Gasteiger partial charge >= 0.3 is 161 Å². The average molecular weight is 460 g/mol. The van der Waals surface area contributed by atoms with Crippen LogP contribution in [0.1, 0.15) is 40.5 Å². The second kappa shape index (κ2) is 9.98. The Morgan fingerprint density at radius 1 is 0.600 bits per heavy atom. The van der Waals surface area contributed by atoms with Crippen LogP contribution in [-0.2, 0) is 2.79 Å². The monoisotopic (exact) mass is 462 g/mol. The number of hydrogen-bond acceptors (Lipinski definition) is 1. The number of rotatable bonds is 10. The predicted octanol–water partition coefficient (Wildman–Crippen LogP) is 5.57. The number of hydrogen-bond donors (Lipinski definition) is 0. The Labute approximate surface area is 160 Å². The molecule has 0 N–H and O–H groups in total. The minimum absolute atomic E-state index is 1.22. The van der Waals surface area contributed by atoms with Crippen LogP contribution in [0.15, 0.2) is 60.7 Å². The van der Waals surface area contributed by atoms with E-state index in [4.69, 9.17) is 2.79 Å².